The molecule has 2 aromatic heterocycles. The van der Waals surface area contributed by atoms with Gasteiger partial charge in [0, 0.05) is 25.0 Å². The molecule has 1 N–H and O–H groups in total. The number of fused-ring (bicyclic) bond motifs is 1. The summed E-state index contributed by atoms with van der Waals surface area (Å²) in [6, 6.07) is 4.41. The fourth-order valence-corrected chi connectivity index (χ4v) is 1.98. The van der Waals surface area contributed by atoms with Gasteiger partial charge in [-0.3, -0.25) is 4.98 Å². The van der Waals surface area contributed by atoms with Crippen molar-refractivity contribution in [3.05, 3.63) is 24.5 Å². The van der Waals surface area contributed by atoms with Crippen molar-refractivity contribution < 1.29 is 5.11 Å². The molecule has 2 aromatic rings. The molecule has 0 amide bonds. The zero-order chi connectivity index (χ0) is 11.7. The molecule has 1 saturated carbocycles. The SMILES string of the molecule is OCCN(c1ccc2nccnc2n1)C1CC1. The Morgan fingerprint density at radius 3 is 2.82 bits per heavy atom. The Morgan fingerprint density at radius 2 is 2.06 bits per heavy atom. The topological polar surface area (TPSA) is 62.1 Å². The zero-order valence-electron chi connectivity index (χ0n) is 9.45. The van der Waals surface area contributed by atoms with Crippen molar-refractivity contribution >= 4 is 17.0 Å². The fraction of sp³-hybridized carbons (Fsp3) is 0.417. The molecule has 0 radical (unpaired) electrons. The summed E-state index contributed by atoms with van der Waals surface area (Å²) in [5.74, 6) is 0.884. The van der Waals surface area contributed by atoms with Gasteiger partial charge < -0.3 is 10.0 Å². The highest BCUT2D eigenvalue weighted by atomic mass is 16.3. The highest BCUT2D eigenvalue weighted by Crippen LogP contribution is 2.30. The molecule has 2 heterocycles. The van der Waals surface area contributed by atoms with Crippen LogP contribution < -0.4 is 4.90 Å². The Bertz CT molecular complexity index is 527. The molecule has 0 aromatic carbocycles. The summed E-state index contributed by atoms with van der Waals surface area (Å²) in [4.78, 5) is 15.0. The van der Waals surface area contributed by atoms with Crippen LogP contribution >= 0.6 is 0 Å². The van der Waals surface area contributed by atoms with Crippen LogP contribution in [0.2, 0.25) is 0 Å². The standard InChI is InChI=1S/C12H14N4O/c17-8-7-16(9-1-2-9)11-4-3-10-12(15-11)14-6-5-13-10/h3-6,9,17H,1-2,7-8H2. The molecule has 0 atom stereocenters. The van der Waals surface area contributed by atoms with Gasteiger partial charge in [-0.05, 0) is 25.0 Å². The Labute approximate surface area is 99.1 Å². The number of aliphatic hydroxyl groups is 1. The summed E-state index contributed by atoms with van der Waals surface area (Å²) in [5, 5.41) is 9.09. The molecule has 0 unspecified atom stereocenters. The average Bonchev–Trinajstić information content (AvgIpc) is 3.20. The van der Waals surface area contributed by atoms with E-state index in [9.17, 15) is 0 Å². The van der Waals surface area contributed by atoms with E-state index in [0.717, 1.165) is 11.3 Å². The molecular weight excluding hydrogens is 216 g/mol. The molecule has 0 bridgehead atoms. The molecule has 5 heteroatoms. The van der Waals surface area contributed by atoms with Gasteiger partial charge in [0.25, 0.3) is 0 Å². The minimum absolute atomic E-state index is 0.149. The quantitative estimate of drug-likeness (QED) is 0.848. The van der Waals surface area contributed by atoms with E-state index in [1.807, 2.05) is 12.1 Å². The molecule has 1 fully saturated rings. The summed E-state index contributed by atoms with van der Waals surface area (Å²) >= 11 is 0. The number of nitrogens with zero attached hydrogens (tertiary/aromatic N) is 4. The van der Waals surface area contributed by atoms with Crippen molar-refractivity contribution in [3.63, 3.8) is 0 Å². The largest absolute Gasteiger partial charge is 0.395 e. The van der Waals surface area contributed by atoms with Crippen molar-refractivity contribution in [1.29, 1.82) is 0 Å². The van der Waals surface area contributed by atoms with Crippen molar-refractivity contribution in [1.82, 2.24) is 15.0 Å². The first kappa shape index (κ1) is 10.4. The third kappa shape index (κ3) is 2.06. The molecular formula is C12H14N4O. The maximum absolute atomic E-state index is 9.09. The first-order chi connectivity index (χ1) is 8.38. The maximum Gasteiger partial charge on any atom is 0.180 e. The Kier molecular flexibility index (Phi) is 2.60. The second-order valence-corrected chi connectivity index (χ2v) is 4.22. The number of pyridine rings is 1. The summed E-state index contributed by atoms with van der Waals surface area (Å²) < 4.78 is 0. The second-order valence-electron chi connectivity index (χ2n) is 4.22. The highest BCUT2D eigenvalue weighted by molar-refractivity contribution is 5.71. The van der Waals surface area contributed by atoms with Crippen LogP contribution in [-0.4, -0.2) is 39.3 Å². The summed E-state index contributed by atoms with van der Waals surface area (Å²) in [7, 11) is 0. The number of aliphatic hydroxyl groups excluding tert-OH is 1. The number of hydrogen-bond donors (Lipinski definition) is 1. The molecule has 5 nitrogen and oxygen atoms in total. The fourth-order valence-electron chi connectivity index (χ4n) is 1.98. The molecule has 1 aliphatic rings. The molecule has 0 aliphatic heterocycles. The molecule has 1 aliphatic carbocycles. The van der Waals surface area contributed by atoms with Crippen molar-refractivity contribution in [2.45, 2.75) is 18.9 Å². The summed E-state index contributed by atoms with van der Waals surface area (Å²) in [6.07, 6.45) is 5.67. The van der Waals surface area contributed by atoms with Crippen LogP contribution in [0.5, 0.6) is 0 Å². The lowest BCUT2D eigenvalue weighted by Crippen LogP contribution is -2.29. The van der Waals surface area contributed by atoms with Gasteiger partial charge >= 0.3 is 0 Å². The smallest absolute Gasteiger partial charge is 0.180 e. The normalized spacial score (nSPS) is 15.1. The van der Waals surface area contributed by atoms with Crippen LogP contribution in [0.3, 0.4) is 0 Å². The van der Waals surface area contributed by atoms with E-state index in [4.69, 9.17) is 5.11 Å². The monoisotopic (exact) mass is 230 g/mol. The lowest BCUT2D eigenvalue weighted by molar-refractivity contribution is 0.301. The number of hydrogen-bond acceptors (Lipinski definition) is 5. The Hall–Kier alpha value is -1.75. The van der Waals surface area contributed by atoms with E-state index in [1.165, 1.54) is 12.8 Å². The minimum Gasteiger partial charge on any atom is -0.395 e. The van der Waals surface area contributed by atoms with Crippen molar-refractivity contribution in [2.75, 3.05) is 18.1 Å². The number of anilines is 1. The van der Waals surface area contributed by atoms with Gasteiger partial charge in [0.15, 0.2) is 5.65 Å². The average molecular weight is 230 g/mol. The van der Waals surface area contributed by atoms with Crippen molar-refractivity contribution in [3.8, 4) is 0 Å². The van der Waals surface area contributed by atoms with E-state index >= 15 is 0 Å². The maximum atomic E-state index is 9.09. The lowest BCUT2D eigenvalue weighted by atomic mass is 10.3. The molecule has 0 saturated heterocycles. The summed E-state index contributed by atoms with van der Waals surface area (Å²) in [6.45, 7) is 0.778. The Balaban J connectivity index is 1.97. The van der Waals surface area contributed by atoms with Gasteiger partial charge in [-0.15, -0.1) is 0 Å². The van der Waals surface area contributed by atoms with Gasteiger partial charge in [-0.2, -0.15) is 0 Å². The predicted molar refractivity (Wildman–Crippen MR) is 64.8 cm³/mol. The van der Waals surface area contributed by atoms with Crippen LogP contribution in [0.15, 0.2) is 24.5 Å². The number of rotatable bonds is 4. The van der Waals surface area contributed by atoms with E-state index in [-0.39, 0.29) is 6.61 Å². The third-order valence-electron chi connectivity index (χ3n) is 2.94. The summed E-state index contributed by atoms with van der Waals surface area (Å²) in [5.41, 5.74) is 1.46. The van der Waals surface area contributed by atoms with E-state index in [2.05, 4.69) is 19.9 Å². The van der Waals surface area contributed by atoms with Gasteiger partial charge in [0.05, 0.1) is 6.61 Å². The molecule has 0 spiro atoms. The first-order valence-electron chi connectivity index (χ1n) is 5.84. The van der Waals surface area contributed by atoms with Crippen LogP contribution in [0.25, 0.3) is 11.2 Å². The number of aromatic nitrogens is 3. The van der Waals surface area contributed by atoms with E-state index < -0.39 is 0 Å². The predicted octanol–water partition coefficient (Wildman–Crippen LogP) is 0.986. The van der Waals surface area contributed by atoms with Gasteiger partial charge in [-0.25, -0.2) is 9.97 Å². The first-order valence-corrected chi connectivity index (χ1v) is 5.84. The van der Waals surface area contributed by atoms with E-state index in [0.29, 0.717) is 18.2 Å². The van der Waals surface area contributed by atoms with Gasteiger partial charge in [0.2, 0.25) is 0 Å². The second kappa shape index (κ2) is 4.25. The van der Waals surface area contributed by atoms with Crippen LogP contribution in [0.4, 0.5) is 5.82 Å². The van der Waals surface area contributed by atoms with Gasteiger partial charge in [-0.1, -0.05) is 0 Å². The van der Waals surface area contributed by atoms with Crippen LogP contribution in [0.1, 0.15) is 12.8 Å². The highest BCUT2D eigenvalue weighted by Gasteiger charge is 2.29. The third-order valence-corrected chi connectivity index (χ3v) is 2.94. The Morgan fingerprint density at radius 1 is 1.24 bits per heavy atom. The van der Waals surface area contributed by atoms with Gasteiger partial charge in [0.1, 0.15) is 11.3 Å². The molecule has 17 heavy (non-hydrogen) atoms. The minimum atomic E-state index is 0.149. The van der Waals surface area contributed by atoms with Crippen LogP contribution in [0, 0.1) is 0 Å². The molecule has 3 rings (SSSR count). The van der Waals surface area contributed by atoms with E-state index in [1.54, 1.807) is 12.4 Å². The lowest BCUT2D eigenvalue weighted by Gasteiger charge is -2.22. The zero-order valence-corrected chi connectivity index (χ0v) is 9.45. The van der Waals surface area contributed by atoms with Crippen molar-refractivity contribution in [2.24, 2.45) is 0 Å². The van der Waals surface area contributed by atoms with Crippen LogP contribution in [-0.2, 0) is 0 Å². The molecule has 88 valence electrons.